The van der Waals surface area contributed by atoms with Gasteiger partial charge in [0.1, 0.15) is 11.6 Å². The van der Waals surface area contributed by atoms with E-state index in [1.54, 1.807) is 0 Å². The standard InChI is InChI=1S/C13H21N3O2/c1-9(2)12-15-10(3)4-11(16-12)14-5-13(6-17)7-18-8-13/h4,9,17H,5-8H2,1-3H3,(H,14,15,16). The number of aromatic nitrogens is 2. The fourth-order valence-corrected chi connectivity index (χ4v) is 1.86. The highest BCUT2D eigenvalue weighted by Crippen LogP contribution is 2.27. The SMILES string of the molecule is Cc1cc(NCC2(CO)COC2)nc(C(C)C)n1. The molecule has 0 amide bonds. The molecule has 1 aromatic heterocycles. The molecule has 0 unspecified atom stereocenters. The summed E-state index contributed by atoms with van der Waals surface area (Å²) in [6.45, 7) is 8.15. The summed E-state index contributed by atoms with van der Waals surface area (Å²) in [5.74, 6) is 1.98. The summed E-state index contributed by atoms with van der Waals surface area (Å²) in [4.78, 5) is 8.89. The third kappa shape index (κ3) is 2.79. The van der Waals surface area contributed by atoms with Crippen LogP contribution in [0.4, 0.5) is 5.82 Å². The average Bonchev–Trinajstić information content (AvgIpc) is 2.27. The fourth-order valence-electron chi connectivity index (χ4n) is 1.86. The van der Waals surface area contributed by atoms with Crippen molar-refractivity contribution >= 4 is 5.82 Å². The molecule has 0 aromatic carbocycles. The highest BCUT2D eigenvalue weighted by molar-refractivity contribution is 5.36. The smallest absolute Gasteiger partial charge is 0.133 e. The summed E-state index contributed by atoms with van der Waals surface area (Å²) in [6.07, 6.45) is 0. The van der Waals surface area contributed by atoms with Gasteiger partial charge in [0.15, 0.2) is 0 Å². The molecule has 1 fully saturated rings. The van der Waals surface area contributed by atoms with Crippen LogP contribution in [0.25, 0.3) is 0 Å². The van der Waals surface area contributed by atoms with Crippen LogP contribution >= 0.6 is 0 Å². The molecular weight excluding hydrogens is 230 g/mol. The van der Waals surface area contributed by atoms with Crippen LogP contribution < -0.4 is 5.32 Å². The maximum atomic E-state index is 9.36. The van der Waals surface area contributed by atoms with Gasteiger partial charge in [-0.15, -0.1) is 0 Å². The van der Waals surface area contributed by atoms with Gasteiger partial charge in [0.25, 0.3) is 0 Å². The maximum Gasteiger partial charge on any atom is 0.133 e. The molecule has 18 heavy (non-hydrogen) atoms. The van der Waals surface area contributed by atoms with Crippen LogP contribution in [0.5, 0.6) is 0 Å². The van der Waals surface area contributed by atoms with Gasteiger partial charge in [-0.3, -0.25) is 0 Å². The summed E-state index contributed by atoms with van der Waals surface area (Å²) in [7, 11) is 0. The van der Waals surface area contributed by atoms with Crippen molar-refractivity contribution in [2.45, 2.75) is 26.7 Å². The highest BCUT2D eigenvalue weighted by atomic mass is 16.5. The van der Waals surface area contributed by atoms with Crippen LogP contribution in [0.1, 0.15) is 31.3 Å². The van der Waals surface area contributed by atoms with Crippen molar-refractivity contribution in [2.24, 2.45) is 5.41 Å². The minimum atomic E-state index is -0.142. The molecule has 1 aromatic rings. The number of hydrogen-bond acceptors (Lipinski definition) is 5. The molecule has 1 aliphatic rings. The van der Waals surface area contributed by atoms with E-state index in [-0.39, 0.29) is 12.0 Å². The molecule has 0 bridgehead atoms. The van der Waals surface area contributed by atoms with Gasteiger partial charge < -0.3 is 15.2 Å². The van der Waals surface area contributed by atoms with E-state index in [4.69, 9.17) is 4.74 Å². The Morgan fingerprint density at radius 1 is 1.44 bits per heavy atom. The zero-order chi connectivity index (χ0) is 13.2. The zero-order valence-electron chi connectivity index (χ0n) is 11.2. The molecule has 0 atom stereocenters. The number of nitrogens with one attached hydrogen (secondary N) is 1. The Kier molecular flexibility index (Phi) is 3.82. The number of rotatable bonds is 5. The zero-order valence-corrected chi connectivity index (χ0v) is 11.2. The summed E-state index contributed by atoms with van der Waals surface area (Å²) < 4.78 is 5.17. The first kappa shape index (κ1) is 13.2. The number of aliphatic hydroxyl groups is 1. The minimum absolute atomic E-state index is 0.140. The third-order valence-corrected chi connectivity index (χ3v) is 3.18. The number of aliphatic hydroxyl groups excluding tert-OH is 1. The lowest BCUT2D eigenvalue weighted by Gasteiger charge is -2.39. The molecule has 0 aliphatic carbocycles. The van der Waals surface area contributed by atoms with Gasteiger partial charge in [0.2, 0.25) is 0 Å². The van der Waals surface area contributed by atoms with Crippen molar-refractivity contribution in [3.05, 3.63) is 17.6 Å². The lowest BCUT2D eigenvalue weighted by Crippen LogP contribution is -2.50. The molecule has 2 rings (SSSR count). The van der Waals surface area contributed by atoms with E-state index in [1.165, 1.54) is 0 Å². The van der Waals surface area contributed by atoms with E-state index in [2.05, 4.69) is 29.1 Å². The predicted molar refractivity (Wildman–Crippen MR) is 69.7 cm³/mol. The van der Waals surface area contributed by atoms with E-state index >= 15 is 0 Å². The molecule has 2 heterocycles. The third-order valence-electron chi connectivity index (χ3n) is 3.18. The van der Waals surface area contributed by atoms with Gasteiger partial charge in [-0.2, -0.15) is 0 Å². The van der Waals surface area contributed by atoms with Crippen molar-refractivity contribution < 1.29 is 9.84 Å². The second kappa shape index (κ2) is 5.20. The Hall–Kier alpha value is -1.20. The average molecular weight is 251 g/mol. The van der Waals surface area contributed by atoms with Crippen molar-refractivity contribution in [2.75, 3.05) is 31.7 Å². The van der Waals surface area contributed by atoms with Crippen LogP contribution in [0.2, 0.25) is 0 Å². The molecule has 100 valence electrons. The second-order valence-electron chi connectivity index (χ2n) is 5.41. The normalized spacial score (nSPS) is 17.6. The number of hydrogen-bond donors (Lipinski definition) is 2. The highest BCUT2D eigenvalue weighted by Gasteiger charge is 2.37. The Morgan fingerprint density at radius 2 is 2.17 bits per heavy atom. The Morgan fingerprint density at radius 3 is 2.67 bits per heavy atom. The Balaban J connectivity index is 2.05. The van der Waals surface area contributed by atoms with E-state index in [9.17, 15) is 5.11 Å². The van der Waals surface area contributed by atoms with Crippen LogP contribution in [-0.4, -0.2) is 41.4 Å². The topological polar surface area (TPSA) is 67.3 Å². The minimum Gasteiger partial charge on any atom is -0.396 e. The number of ether oxygens (including phenoxy) is 1. The molecule has 1 saturated heterocycles. The largest absolute Gasteiger partial charge is 0.396 e. The number of anilines is 1. The Labute approximate surface area is 108 Å². The van der Waals surface area contributed by atoms with Gasteiger partial charge in [0, 0.05) is 24.2 Å². The first-order chi connectivity index (χ1) is 8.54. The second-order valence-corrected chi connectivity index (χ2v) is 5.41. The predicted octanol–water partition coefficient (Wildman–Crippen LogP) is 1.33. The van der Waals surface area contributed by atoms with Crippen molar-refractivity contribution in [1.82, 2.24) is 9.97 Å². The summed E-state index contributed by atoms with van der Waals surface area (Å²) >= 11 is 0. The van der Waals surface area contributed by atoms with E-state index in [1.807, 2.05) is 13.0 Å². The lowest BCUT2D eigenvalue weighted by atomic mass is 9.87. The summed E-state index contributed by atoms with van der Waals surface area (Å²) in [5.41, 5.74) is 0.815. The summed E-state index contributed by atoms with van der Waals surface area (Å²) in [6, 6.07) is 1.93. The van der Waals surface area contributed by atoms with Gasteiger partial charge in [-0.1, -0.05) is 13.8 Å². The lowest BCUT2D eigenvalue weighted by molar-refractivity contribution is -0.128. The van der Waals surface area contributed by atoms with Crippen LogP contribution in [0, 0.1) is 12.3 Å². The molecule has 5 heteroatoms. The van der Waals surface area contributed by atoms with Crippen LogP contribution in [-0.2, 0) is 4.74 Å². The van der Waals surface area contributed by atoms with Gasteiger partial charge in [-0.05, 0) is 6.92 Å². The number of aryl methyl sites for hydroxylation is 1. The molecule has 0 radical (unpaired) electrons. The summed E-state index contributed by atoms with van der Waals surface area (Å²) in [5, 5.41) is 12.6. The van der Waals surface area contributed by atoms with Crippen LogP contribution in [0.3, 0.4) is 0 Å². The molecule has 2 N–H and O–H groups in total. The van der Waals surface area contributed by atoms with Crippen molar-refractivity contribution in [3.8, 4) is 0 Å². The quantitative estimate of drug-likeness (QED) is 0.826. The maximum absolute atomic E-state index is 9.36. The van der Waals surface area contributed by atoms with Crippen molar-refractivity contribution in [1.29, 1.82) is 0 Å². The van der Waals surface area contributed by atoms with E-state index in [0.29, 0.717) is 25.7 Å². The van der Waals surface area contributed by atoms with Crippen molar-refractivity contribution in [3.63, 3.8) is 0 Å². The van der Waals surface area contributed by atoms with Gasteiger partial charge in [0.05, 0.1) is 25.2 Å². The Bertz CT molecular complexity index is 411. The van der Waals surface area contributed by atoms with Gasteiger partial charge >= 0.3 is 0 Å². The first-order valence-corrected chi connectivity index (χ1v) is 6.33. The van der Waals surface area contributed by atoms with Gasteiger partial charge in [-0.25, -0.2) is 9.97 Å². The molecule has 0 saturated carbocycles. The van der Waals surface area contributed by atoms with E-state index in [0.717, 1.165) is 17.3 Å². The molecule has 5 nitrogen and oxygen atoms in total. The van der Waals surface area contributed by atoms with E-state index < -0.39 is 0 Å². The molecular formula is C13H21N3O2. The monoisotopic (exact) mass is 251 g/mol. The molecule has 0 spiro atoms. The first-order valence-electron chi connectivity index (χ1n) is 6.33. The number of nitrogens with zero attached hydrogens (tertiary/aromatic N) is 2. The molecule has 1 aliphatic heterocycles. The fraction of sp³-hybridized carbons (Fsp3) is 0.692. The van der Waals surface area contributed by atoms with Crippen LogP contribution in [0.15, 0.2) is 6.07 Å².